The molecule has 1 aliphatic carbocycles. The first-order chi connectivity index (χ1) is 14.1. The van der Waals surface area contributed by atoms with Crippen molar-refractivity contribution in [2.24, 2.45) is 5.92 Å². The Hall–Kier alpha value is -1.00. The van der Waals surface area contributed by atoms with Crippen molar-refractivity contribution < 1.29 is 4.74 Å². The Morgan fingerprint density at radius 2 is 2.28 bits per heavy atom. The number of ether oxygens (including phenoxy) is 1. The summed E-state index contributed by atoms with van der Waals surface area (Å²) >= 11 is 10.5. The van der Waals surface area contributed by atoms with Crippen molar-refractivity contribution in [1.82, 2.24) is 19.1 Å². The Morgan fingerprint density at radius 3 is 3.03 bits per heavy atom. The summed E-state index contributed by atoms with van der Waals surface area (Å²) in [4.78, 5) is 20.7. The summed E-state index contributed by atoms with van der Waals surface area (Å²) in [6.45, 7) is 3.60. The van der Waals surface area contributed by atoms with Crippen LogP contribution in [0.5, 0.6) is 0 Å². The average molecular weight is 469 g/mol. The number of nitrogens with zero attached hydrogens (tertiary/aromatic N) is 4. The molecule has 29 heavy (non-hydrogen) atoms. The molecule has 1 aliphatic heterocycles. The maximum absolute atomic E-state index is 13.6. The molecule has 2 unspecified atom stereocenters. The molecule has 0 bridgehead atoms. The average Bonchev–Trinajstić information content (AvgIpc) is 3.42. The normalized spacial score (nSPS) is 21.7. The van der Waals surface area contributed by atoms with E-state index in [9.17, 15) is 4.79 Å². The Balaban J connectivity index is 1.57. The number of rotatable bonds is 5. The smallest absolute Gasteiger partial charge is 0.263 e. The van der Waals surface area contributed by atoms with E-state index >= 15 is 0 Å². The van der Waals surface area contributed by atoms with Crippen molar-refractivity contribution in [3.8, 4) is 0 Å². The molecule has 0 spiro atoms. The van der Waals surface area contributed by atoms with Gasteiger partial charge in [-0.25, -0.2) is 4.98 Å². The number of aromatic nitrogens is 4. The highest BCUT2D eigenvalue weighted by atomic mass is 35.5. The molecule has 154 valence electrons. The van der Waals surface area contributed by atoms with Gasteiger partial charge in [0.2, 0.25) is 0 Å². The number of aryl methyl sites for hydroxylation is 1. The lowest BCUT2D eigenvalue weighted by Gasteiger charge is -2.18. The van der Waals surface area contributed by atoms with E-state index in [1.165, 1.54) is 33.7 Å². The zero-order chi connectivity index (χ0) is 20.0. The molecule has 1 saturated heterocycles. The van der Waals surface area contributed by atoms with Crippen LogP contribution in [-0.2, 0) is 29.9 Å². The van der Waals surface area contributed by atoms with Crippen LogP contribution >= 0.6 is 46.2 Å². The van der Waals surface area contributed by atoms with Crippen molar-refractivity contribution in [2.75, 3.05) is 6.61 Å². The molecule has 6 nitrogen and oxygen atoms in total. The predicted molar refractivity (Wildman–Crippen MR) is 119 cm³/mol. The minimum Gasteiger partial charge on any atom is -0.376 e. The predicted octanol–water partition coefficient (Wildman–Crippen LogP) is 4.56. The summed E-state index contributed by atoms with van der Waals surface area (Å²) in [5.74, 6) is 1.21. The summed E-state index contributed by atoms with van der Waals surface area (Å²) < 4.78 is 12.1. The molecule has 0 aromatic carbocycles. The van der Waals surface area contributed by atoms with Gasteiger partial charge in [0.25, 0.3) is 5.56 Å². The van der Waals surface area contributed by atoms with Crippen molar-refractivity contribution in [3.05, 3.63) is 30.8 Å². The van der Waals surface area contributed by atoms with E-state index < -0.39 is 0 Å². The van der Waals surface area contributed by atoms with E-state index in [0.717, 1.165) is 54.6 Å². The molecule has 5 rings (SSSR count). The number of thioether (sulfide) groups is 1. The molecule has 0 N–H and O–H groups in total. The van der Waals surface area contributed by atoms with Gasteiger partial charge >= 0.3 is 0 Å². The lowest BCUT2D eigenvalue weighted by atomic mass is 9.89. The summed E-state index contributed by atoms with van der Waals surface area (Å²) in [6.07, 6.45) is 5.25. The van der Waals surface area contributed by atoms with E-state index in [1.54, 1.807) is 11.3 Å². The third kappa shape index (κ3) is 3.87. The summed E-state index contributed by atoms with van der Waals surface area (Å²) in [5, 5.41) is 5.63. The van der Waals surface area contributed by atoms with Crippen molar-refractivity contribution in [2.45, 2.75) is 62.6 Å². The van der Waals surface area contributed by atoms with Crippen molar-refractivity contribution in [1.29, 1.82) is 0 Å². The molecule has 2 aliphatic rings. The highest BCUT2D eigenvalue weighted by molar-refractivity contribution is 7.98. The Morgan fingerprint density at radius 1 is 1.38 bits per heavy atom. The fourth-order valence-corrected chi connectivity index (χ4v) is 7.25. The van der Waals surface area contributed by atoms with Crippen LogP contribution in [0.4, 0.5) is 0 Å². The molecule has 10 heteroatoms. The first-order valence-corrected chi connectivity index (χ1v) is 12.8. The summed E-state index contributed by atoms with van der Waals surface area (Å²) in [7, 11) is 0. The molecule has 4 heterocycles. The number of thiophene rings is 1. The zero-order valence-electron chi connectivity index (χ0n) is 16.0. The largest absolute Gasteiger partial charge is 0.376 e. The van der Waals surface area contributed by atoms with E-state index in [2.05, 4.69) is 16.5 Å². The van der Waals surface area contributed by atoms with Crippen LogP contribution in [0.3, 0.4) is 0 Å². The molecule has 3 aromatic rings. The van der Waals surface area contributed by atoms with Gasteiger partial charge in [-0.3, -0.25) is 9.36 Å². The Labute approximate surface area is 185 Å². The van der Waals surface area contributed by atoms with Gasteiger partial charge in [-0.05, 0) is 43.6 Å². The van der Waals surface area contributed by atoms with Gasteiger partial charge in [-0.2, -0.15) is 0 Å². The van der Waals surface area contributed by atoms with E-state index in [4.69, 9.17) is 21.3 Å². The lowest BCUT2D eigenvalue weighted by molar-refractivity contribution is 0.0937. The van der Waals surface area contributed by atoms with Crippen LogP contribution in [0.1, 0.15) is 42.3 Å². The minimum absolute atomic E-state index is 0.0718. The van der Waals surface area contributed by atoms with Gasteiger partial charge in [0, 0.05) is 28.8 Å². The van der Waals surface area contributed by atoms with Crippen LogP contribution in [0.25, 0.3) is 10.2 Å². The molecule has 0 radical (unpaired) electrons. The quantitative estimate of drug-likeness (QED) is 0.404. The van der Waals surface area contributed by atoms with Gasteiger partial charge in [-0.1, -0.05) is 34.8 Å². The molecular weight excluding hydrogens is 448 g/mol. The summed E-state index contributed by atoms with van der Waals surface area (Å²) in [5.41, 5.74) is 2.03. The molecule has 0 amide bonds. The monoisotopic (exact) mass is 468 g/mol. The zero-order valence-corrected chi connectivity index (χ0v) is 19.2. The fourth-order valence-electron chi connectivity index (χ4n) is 4.08. The van der Waals surface area contributed by atoms with Gasteiger partial charge < -0.3 is 4.74 Å². The molecule has 0 saturated carbocycles. The Bertz CT molecular complexity index is 1100. The highest BCUT2D eigenvalue weighted by Crippen LogP contribution is 2.37. The maximum Gasteiger partial charge on any atom is 0.263 e. The topological polar surface area (TPSA) is 69.9 Å². The maximum atomic E-state index is 13.6. The molecule has 3 aromatic heterocycles. The first kappa shape index (κ1) is 19.9. The number of halogens is 1. The summed E-state index contributed by atoms with van der Waals surface area (Å²) in [6, 6.07) is 0. The number of hydrogen-bond acceptors (Lipinski definition) is 8. The SMILES string of the molecule is CC1CCc2c(sc3nc(SCc4nnsc4Cl)n(CC4CCCO4)c(=O)c23)C1. The van der Waals surface area contributed by atoms with Crippen LogP contribution in [0.2, 0.25) is 4.34 Å². The number of fused-ring (bicyclic) bond motifs is 3. The second kappa shape index (κ2) is 8.26. The fraction of sp³-hybridized carbons (Fsp3) is 0.579. The lowest BCUT2D eigenvalue weighted by Crippen LogP contribution is -2.29. The van der Waals surface area contributed by atoms with Crippen LogP contribution < -0.4 is 5.56 Å². The third-order valence-corrected chi connectivity index (χ3v) is 8.76. The third-order valence-electron chi connectivity index (χ3n) is 5.64. The van der Waals surface area contributed by atoms with Crippen LogP contribution in [0, 0.1) is 5.92 Å². The van der Waals surface area contributed by atoms with Gasteiger partial charge in [0.15, 0.2) is 5.16 Å². The van der Waals surface area contributed by atoms with E-state index in [-0.39, 0.29) is 11.7 Å². The second-order valence-electron chi connectivity index (χ2n) is 7.76. The molecular formula is C19H21ClN4O2S3. The molecule has 2 atom stereocenters. The minimum atomic E-state index is 0.0718. The first-order valence-electron chi connectivity index (χ1n) is 9.86. The van der Waals surface area contributed by atoms with Crippen LogP contribution in [0.15, 0.2) is 9.95 Å². The Kier molecular flexibility index (Phi) is 5.68. The second-order valence-corrected chi connectivity index (χ2v) is 11.1. The van der Waals surface area contributed by atoms with Gasteiger partial charge in [0.1, 0.15) is 14.9 Å². The van der Waals surface area contributed by atoms with E-state index in [1.807, 2.05) is 4.57 Å². The molecule has 1 fully saturated rings. The number of hydrogen-bond donors (Lipinski definition) is 0. The standard InChI is InChI=1S/C19H21ClN4O2S3/c1-10-4-5-12-14(7-10)28-17-15(12)18(25)24(8-11-3-2-6-26-11)19(21-17)27-9-13-16(20)29-23-22-13/h10-11H,2-9H2,1H3. The van der Waals surface area contributed by atoms with Crippen molar-refractivity contribution in [3.63, 3.8) is 0 Å². The van der Waals surface area contributed by atoms with Crippen LogP contribution in [-0.4, -0.2) is 31.8 Å². The van der Waals surface area contributed by atoms with Gasteiger partial charge in [-0.15, -0.1) is 16.4 Å². The highest BCUT2D eigenvalue weighted by Gasteiger charge is 2.26. The van der Waals surface area contributed by atoms with Gasteiger partial charge in [0.05, 0.1) is 18.0 Å². The van der Waals surface area contributed by atoms with E-state index in [0.29, 0.717) is 27.7 Å². The van der Waals surface area contributed by atoms with Crippen molar-refractivity contribution >= 4 is 56.4 Å².